The van der Waals surface area contributed by atoms with Gasteiger partial charge < -0.3 is 10.5 Å². The lowest BCUT2D eigenvalue weighted by atomic mass is 10.2. The molecule has 0 aliphatic carbocycles. The lowest BCUT2D eigenvalue weighted by molar-refractivity contribution is -0.385. The van der Waals surface area contributed by atoms with Crippen molar-refractivity contribution in [1.29, 1.82) is 0 Å². The summed E-state index contributed by atoms with van der Waals surface area (Å²) in [5.41, 5.74) is 7.45. The Kier molecular flexibility index (Phi) is 3.61. The molecule has 1 aromatic carbocycles. The zero-order valence-corrected chi connectivity index (χ0v) is 10.4. The molecule has 19 heavy (non-hydrogen) atoms. The van der Waals surface area contributed by atoms with Gasteiger partial charge in [-0.1, -0.05) is 6.07 Å². The number of rotatable bonds is 4. The fourth-order valence-corrected chi connectivity index (χ4v) is 1.68. The number of nitro groups is 1. The Hall–Kier alpha value is -2.63. The van der Waals surface area contributed by atoms with E-state index in [1.165, 1.54) is 6.07 Å². The Labute approximate surface area is 110 Å². The van der Waals surface area contributed by atoms with Crippen LogP contribution in [0.5, 0.6) is 5.75 Å². The molecule has 0 bridgehead atoms. The second kappa shape index (κ2) is 5.34. The highest BCUT2D eigenvalue weighted by molar-refractivity contribution is 5.48. The van der Waals surface area contributed by atoms with Crippen molar-refractivity contribution in [3.05, 3.63) is 57.9 Å². The van der Waals surface area contributed by atoms with Crippen molar-refractivity contribution in [2.75, 3.05) is 5.73 Å². The third-order valence-corrected chi connectivity index (χ3v) is 2.67. The summed E-state index contributed by atoms with van der Waals surface area (Å²) in [5.74, 6) is 0.471. The highest BCUT2D eigenvalue weighted by Crippen LogP contribution is 2.27. The molecule has 0 fully saturated rings. The van der Waals surface area contributed by atoms with Crippen molar-refractivity contribution in [2.24, 2.45) is 0 Å². The van der Waals surface area contributed by atoms with Gasteiger partial charge in [-0.15, -0.1) is 0 Å². The molecule has 0 aliphatic heterocycles. The fraction of sp³-hybridized carbons (Fsp3) is 0.154. The Morgan fingerprint density at radius 1 is 1.42 bits per heavy atom. The number of anilines is 1. The average Bonchev–Trinajstić information content (AvgIpc) is 2.37. The molecule has 0 saturated carbocycles. The second-order valence-electron chi connectivity index (χ2n) is 4.03. The van der Waals surface area contributed by atoms with Crippen molar-refractivity contribution in [3.8, 4) is 5.75 Å². The summed E-state index contributed by atoms with van der Waals surface area (Å²) in [5, 5.41) is 10.8. The zero-order chi connectivity index (χ0) is 13.8. The van der Waals surface area contributed by atoms with Crippen LogP contribution in [0.1, 0.15) is 11.3 Å². The summed E-state index contributed by atoms with van der Waals surface area (Å²) in [6.07, 6.45) is 1.59. The molecule has 0 spiro atoms. The quantitative estimate of drug-likeness (QED) is 0.672. The summed E-state index contributed by atoms with van der Waals surface area (Å²) in [7, 11) is 0. The first-order valence-corrected chi connectivity index (χ1v) is 5.65. The molecule has 0 saturated heterocycles. The van der Waals surface area contributed by atoms with Crippen LogP contribution in [0, 0.1) is 17.0 Å². The van der Waals surface area contributed by atoms with Crippen LogP contribution in [0.3, 0.4) is 0 Å². The molecule has 0 amide bonds. The minimum absolute atomic E-state index is 0.0398. The van der Waals surface area contributed by atoms with Crippen LogP contribution in [0.2, 0.25) is 0 Å². The summed E-state index contributed by atoms with van der Waals surface area (Å²) in [6.45, 7) is 1.87. The molecular weight excluding hydrogens is 246 g/mol. The largest absolute Gasteiger partial charge is 0.487 e. The second-order valence-corrected chi connectivity index (χ2v) is 4.03. The average molecular weight is 259 g/mol. The topological polar surface area (TPSA) is 91.3 Å². The lowest BCUT2D eigenvalue weighted by Crippen LogP contribution is -2.01. The number of nitrogen functional groups attached to an aromatic ring is 1. The highest BCUT2D eigenvalue weighted by Gasteiger charge is 2.14. The summed E-state index contributed by atoms with van der Waals surface area (Å²) < 4.78 is 5.55. The van der Waals surface area contributed by atoms with E-state index in [2.05, 4.69) is 4.98 Å². The zero-order valence-electron chi connectivity index (χ0n) is 10.4. The Morgan fingerprint density at radius 2 is 2.21 bits per heavy atom. The SMILES string of the molecule is Cc1c(OCc2cc(N)ccn2)cccc1[N+](=O)[O-]. The minimum Gasteiger partial charge on any atom is -0.487 e. The number of hydrogen-bond acceptors (Lipinski definition) is 5. The number of hydrogen-bond donors (Lipinski definition) is 1. The predicted molar refractivity (Wildman–Crippen MR) is 70.8 cm³/mol. The number of benzene rings is 1. The Morgan fingerprint density at radius 3 is 2.89 bits per heavy atom. The van der Waals surface area contributed by atoms with Crippen LogP contribution >= 0.6 is 0 Å². The van der Waals surface area contributed by atoms with Gasteiger partial charge in [0.2, 0.25) is 0 Å². The normalized spacial score (nSPS) is 10.2. The number of nitro benzene ring substituents is 1. The maximum atomic E-state index is 10.8. The van der Waals surface area contributed by atoms with Gasteiger partial charge in [0.25, 0.3) is 5.69 Å². The van der Waals surface area contributed by atoms with E-state index in [9.17, 15) is 10.1 Å². The molecule has 98 valence electrons. The number of nitrogens with two attached hydrogens (primary N) is 1. The van der Waals surface area contributed by atoms with Gasteiger partial charge in [-0.2, -0.15) is 0 Å². The van der Waals surface area contributed by atoms with Gasteiger partial charge in [0.15, 0.2) is 0 Å². The lowest BCUT2D eigenvalue weighted by Gasteiger charge is -2.09. The predicted octanol–water partition coefficient (Wildman–Crippen LogP) is 2.46. The maximum absolute atomic E-state index is 10.8. The van der Waals surface area contributed by atoms with E-state index in [-0.39, 0.29) is 12.3 Å². The van der Waals surface area contributed by atoms with E-state index < -0.39 is 4.92 Å². The van der Waals surface area contributed by atoms with Crippen molar-refractivity contribution < 1.29 is 9.66 Å². The number of nitrogens with zero attached hydrogens (tertiary/aromatic N) is 2. The van der Waals surface area contributed by atoms with E-state index in [1.807, 2.05) is 0 Å². The van der Waals surface area contributed by atoms with Crippen LogP contribution < -0.4 is 10.5 Å². The van der Waals surface area contributed by atoms with Crippen LogP contribution in [-0.4, -0.2) is 9.91 Å². The minimum atomic E-state index is -0.430. The molecule has 0 atom stereocenters. The van der Waals surface area contributed by atoms with Crippen molar-refractivity contribution >= 4 is 11.4 Å². The van der Waals surface area contributed by atoms with E-state index in [4.69, 9.17) is 10.5 Å². The summed E-state index contributed by atoms with van der Waals surface area (Å²) >= 11 is 0. The standard InChI is InChI=1S/C13H13N3O3/c1-9-12(16(17)18)3-2-4-13(9)19-8-11-7-10(14)5-6-15-11/h2-7H,8H2,1H3,(H2,14,15). The molecule has 6 heteroatoms. The number of aromatic nitrogens is 1. The first-order chi connectivity index (χ1) is 9.08. The van der Waals surface area contributed by atoms with E-state index >= 15 is 0 Å². The molecule has 0 aliphatic rings. The molecule has 1 aromatic heterocycles. The molecular formula is C13H13N3O3. The highest BCUT2D eigenvalue weighted by atomic mass is 16.6. The smallest absolute Gasteiger partial charge is 0.276 e. The van der Waals surface area contributed by atoms with Crippen molar-refractivity contribution in [2.45, 2.75) is 13.5 Å². The van der Waals surface area contributed by atoms with Crippen LogP contribution in [-0.2, 0) is 6.61 Å². The number of pyridine rings is 1. The molecule has 2 rings (SSSR count). The first kappa shape index (κ1) is 12.8. The first-order valence-electron chi connectivity index (χ1n) is 5.65. The monoisotopic (exact) mass is 259 g/mol. The van der Waals surface area contributed by atoms with Crippen LogP contribution in [0.15, 0.2) is 36.5 Å². The van der Waals surface area contributed by atoms with E-state index in [1.54, 1.807) is 37.4 Å². The summed E-state index contributed by atoms with van der Waals surface area (Å²) in [4.78, 5) is 14.5. The van der Waals surface area contributed by atoms with Gasteiger partial charge in [0.1, 0.15) is 12.4 Å². The molecule has 2 N–H and O–H groups in total. The van der Waals surface area contributed by atoms with E-state index in [0.29, 0.717) is 22.7 Å². The third kappa shape index (κ3) is 2.98. The maximum Gasteiger partial charge on any atom is 0.276 e. The summed E-state index contributed by atoms with van der Waals surface area (Å²) in [6, 6.07) is 8.11. The molecule has 6 nitrogen and oxygen atoms in total. The van der Waals surface area contributed by atoms with Crippen LogP contribution in [0.25, 0.3) is 0 Å². The van der Waals surface area contributed by atoms with Gasteiger partial charge in [-0.3, -0.25) is 15.1 Å². The van der Waals surface area contributed by atoms with Gasteiger partial charge in [-0.05, 0) is 25.1 Å². The van der Waals surface area contributed by atoms with Crippen molar-refractivity contribution in [1.82, 2.24) is 4.98 Å². The Bertz CT molecular complexity index is 614. The van der Waals surface area contributed by atoms with Gasteiger partial charge >= 0.3 is 0 Å². The molecule has 0 unspecified atom stereocenters. The van der Waals surface area contributed by atoms with Gasteiger partial charge in [-0.25, -0.2) is 0 Å². The van der Waals surface area contributed by atoms with E-state index in [0.717, 1.165) is 0 Å². The molecule has 2 aromatic rings. The molecule has 1 heterocycles. The number of ether oxygens (including phenoxy) is 1. The van der Waals surface area contributed by atoms with Crippen LogP contribution in [0.4, 0.5) is 11.4 Å². The molecule has 0 radical (unpaired) electrons. The fourth-order valence-electron chi connectivity index (χ4n) is 1.68. The third-order valence-electron chi connectivity index (χ3n) is 2.67. The van der Waals surface area contributed by atoms with Gasteiger partial charge in [0, 0.05) is 18.0 Å². The van der Waals surface area contributed by atoms with Crippen molar-refractivity contribution in [3.63, 3.8) is 0 Å². The Balaban J connectivity index is 2.16. The van der Waals surface area contributed by atoms with Gasteiger partial charge in [0.05, 0.1) is 16.2 Å².